The molecule has 2 rings (SSSR count). The van der Waals surface area contributed by atoms with E-state index in [2.05, 4.69) is 4.98 Å². The molecule has 124 valence electrons. The third-order valence-electron chi connectivity index (χ3n) is 3.36. The molecule has 0 radical (unpaired) electrons. The number of ketones is 1. The zero-order valence-electron chi connectivity index (χ0n) is 13.5. The minimum absolute atomic E-state index is 0.0648. The van der Waals surface area contributed by atoms with Crippen LogP contribution in [0, 0.1) is 0 Å². The molecule has 1 aromatic carbocycles. The molecule has 6 heteroatoms. The molecule has 1 N–H and O–H groups in total. The van der Waals surface area contributed by atoms with E-state index in [1.165, 1.54) is 13.2 Å². The molecule has 5 nitrogen and oxygen atoms in total. The molecule has 0 atom stereocenters. The van der Waals surface area contributed by atoms with Crippen molar-refractivity contribution in [1.29, 1.82) is 0 Å². The molecule has 0 amide bonds. The number of carbonyl (C=O) groups excluding carboxylic acids is 1. The summed E-state index contributed by atoms with van der Waals surface area (Å²) in [7, 11) is 3.20. The molecule has 0 spiro atoms. The Bertz CT molecular complexity index is 760. The maximum atomic E-state index is 12.3. The van der Waals surface area contributed by atoms with Gasteiger partial charge in [0.15, 0.2) is 17.3 Å². The van der Waals surface area contributed by atoms with Crippen molar-refractivity contribution in [2.24, 2.45) is 0 Å². The summed E-state index contributed by atoms with van der Waals surface area (Å²) in [5.41, 5.74) is 1.33. The second-order valence-corrected chi connectivity index (χ2v) is 5.54. The lowest BCUT2D eigenvalue weighted by Gasteiger charge is -2.17. The van der Waals surface area contributed by atoms with Gasteiger partial charge >= 0.3 is 0 Å². The van der Waals surface area contributed by atoms with Gasteiger partial charge in [-0.1, -0.05) is 24.4 Å². The van der Waals surface area contributed by atoms with Crippen LogP contribution in [0.4, 0.5) is 0 Å². The molecule has 0 bridgehead atoms. The van der Waals surface area contributed by atoms with Crippen molar-refractivity contribution in [2.45, 2.75) is 0 Å². The molecule has 0 fully saturated rings. The van der Waals surface area contributed by atoms with Gasteiger partial charge in [-0.25, -0.2) is 0 Å². The van der Waals surface area contributed by atoms with Crippen LogP contribution in [0.2, 0.25) is 0 Å². The van der Waals surface area contributed by atoms with E-state index in [-0.39, 0.29) is 18.1 Å². The number of ether oxygens (including phenoxy) is 1. The maximum Gasteiger partial charge on any atom is 0.182 e. The second-order valence-electron chi connectivity index (χ2n) is 5.12. The summed E-state index contributed by atoms with van der Waals surface area (Å²) in [5.74, 6) is 0.118. The molecule has 24 heavy (non-hydrogen) atoms. The smallest absolute Gasteiger partial charge is 0.182 e. The molecule has 0 saturated heterocycles. The van der Waals surface area contributed by atoms with Crippen molar-refractivity contribution in [1.82, 2.24) is 9.88 Å². The summed E-state index contributed by atoms with van der Waals surface area (Å²) >= 11 is 5.31. The molecule has 1 aromatic heterocycles. The zero-order chi connectivity index (χ0) is 17.5. The fourth-order valence-corrected chi connectivity index (χ4v) is 2.15. The first-order chi connectivity index (χ1) is 11.5. The van der Waals surface area contributed by atoms with E-state index in [9.17, 15) is 9.90 Å². The lowest BCUT2D eigenvalue weighted by Crippen LogP contribution is -2.29. The maximum absolute atomic E-state index is 12.3. The third kappa shape index (κ3) is 4.63. The summed E-state index contributed by atoms with van der Waals surface area (Å²) in [6.07, 6.45) is 7.02. The van der Waals surface area contributed by atoms with E-state index in [1.807, 2.05) is 18.2 Å². The minimum Gasteiger partial charge on any atom is -0.504 e. The van der Waals surface area contributed by atoms with Crippen LogP contribution in [0.3, 0.4) is 0 Å². The number of phenolic OH excluding ortho intramolecular Hbond substituents is 1. The summed E-state index contributed by atoms with van der Waals surface area (Å²) in [5, 5.41) is 9.76. The second kappa shape index (κ2) is 8.21. The van der Waals surface area contributed by atoms with E-state index in [1.54, 1.807) is 42.6 Å². The summed E-state index contributed by atoms with van der Waals surface area (Å²) in [4.78, 5) is 18.5. The van der Waals surface area contributed by atoms with Gasteiger partial charge in [-0.2, -0.15) is 0 Å². The largest absolute Gasteiger partial charge is 0.504 e. The number of aromatic nitrogens is 1. The quantitative estimate of drug-likeness (QED) is 0.495. The highest BCUT2D eigenvalue weighted by atomic mass is 32.1. The summed E-state index contributed by atoms with van der Waals surface area (Å²) in [6.45, 7) is 0.113. The number of aromatic hydroxyl groups is 1. The third-order valence-corrected chi connectivity index (χ3v) is 3.81. The lowest BCUT2D eigenvalue weighted by molar-refractivity contribution is 0.0971. The van der Waals surface area contributed by atoms with Crippen LogP contribution >= 0.6 is 12.2 Å². The minimum atomic E-state index is -0.146. The van der Waals surface area contributed by atoms with E-state index < -0.39 is 0 Å². The Hall–Kier alpha value is -2.73. The van der Waals surface area contributed by atoms with Crippen LogP contribution < -0.4 is 4.74 Å². The Balaban J connectivity index is 1.99. The average Bonchev–Trinajstić information content (AvgIpc) is 2.60. The van der Waals surface area contributed by atoms with Crippen LogP contribution in [0.15, 0.2) is 48.8 Å². The first kappa shape index (κ1) is 17.6. The van der Waals surface area contributed by atoms with Gasteiger partial charge in [0.1, 0.15) is 4.99 Å². The number of thiocarbonyl (C=S) groups is 1. The van der Waals surface area contributed by atoms with E-state index in [0.717, 1.165) is 5.56 Å². The summed E-state index contributed by atoms with van der Waals surface area (Å²) in [6, 6.07) is 8.32. The van der Waals surface area contributed by atoms with Crippen LogP contribution in [-0.2, 0) is 0 Å². The van der Waals surface area contributed by atoms with Crippen LogP contribution in [0.25, 0.3) is 6.08 Å². The Labute approximate surface area is 146 Å². The first-order valence-corrected chi connectivity index (χ1v) is 7.65. The van der Waals surface area contributed by atoms with E-state index in [4.69, 9.17) is 17.0 Å². The zero-order valence-corrected chi connectivity index (χ0v) is 14.3. The molecule has 0 aliphatic heterocycles. The van der Waals surface area contributed by atoms with Gasteiger partial charge in [0.25, 0.3) is 0 Å². The Morgan fingerprint density at radius 1 is 1.42 bits per heavy atom. The number of methoxy groups -OCH3 is 1. The number of pyridine rings is 1. The number of carbonyl (C=O) groups is 1. The standard InChI is InChI=1S/C18H18N2O3S/c1-20(18(24)8-5-13-4-3-9-19-11-13)12-16(22)14-6-7-17(23-2)15(21)10-14/h3-11,21H,12H2,1-2H3/b8-5+. The monoisotopic (exact) mass is 342 g/mol. The Kier molecular flexibility index (Phi) is 6.03. The van der Waals surface area contributed by atoms with Gasteiger partial charge in [0, 0.05) is 25.0 Å². The number of Topliss-reactive ketones (excluding diaryl/α,β-unsaturated/α-hetero) is 1. The number of hydrogen-bond donors (Lipinski definition) is 1. The highest BCUT2D eigenvalue weighted by Crippen LogP contribution is 2.26. The number of phenols is 1. The van der Waals surface area contributed by atoms with Crippen molar-refractivity contribution in [3.63, 3.8) is 0 Å². The average molecular weight is 342 g/mol. The molecule has 0 saturated carbocycles. The molecule has 2 aromatic rings. The predicted octanol–water partition coefficient (Wildman–Crippen LogP) is 2.95. The van der Waals surface area contributed by atoms with Crippen LogP contribution in [0.5, 0.6) is 11.5 Å². The highest BCUT2D eigenvalue weighted by molar-refractivity contribution is 7.80. The molecule has 0 unspecified atom stereocenters. The number of rotatable bonds is 6. The van der Waals surface area contributed by atoms with Crippen LogP contribution in [-0.4, -0.2) is 46.5 Å². The van der Waals surface area contributed by atoms with Gasteiger partial charge < -0.3 is 14.7 Å². The molecule has 0 aliphatic rings. The number of hydrogen-bond acceptors (Lipinski definition) is 5. The van der Waals surface area contributed by atoms with Gasteiger partial charge in [0.2, 0.25) is 0 Å². The van der Waals surface area contributed by atoms with Crippen molar-refractivity contribution in [3.05, 3.63) is 59.9 Å². The highest BCUT2D eigenvalue weighted by Gasteiger charge is 2.13. The Morgan fingerprint density at radius 2 is 2.21 bits per heavy atom. The van der Waals surface area contributed by atoms with E-state index in [0.29, 0.717) is 16.3 Å². The van der Waals surface area contributed by atoms with Crippen molar-refractivity contribution < 1.29 is 14.6 Å². The number of likely N-dealkylation sites (N-methyl/N-ethyl adjacent to an activating group) is 1. The fourth-order valence-electron chi connectivity index (χ4n) is 2.02. The number of nitrogens with zero attached hydrogens (tertiary/aromatic N) is 2. The molecule has 1 heterocycles. The van der Waals surface area contributed by atoms with Crippen molar-refractivity contribution >= 4 is 29.1 Å². The first-order valence-electron chi connectivity index (χ1n) is 7.24. The van der Waals surface area contributed by atoms with Crippen molar-refractivity contribution in [2.75, 3.05) is 20.7 Å². The topological polar surface area (TPSA) is 62.7 Å². The SMILES string of the molecule is COc1ccc(C(=O)CN(C)C(=S)/C=C/c2cccnc2)cc1O. The van der Waals surface area contributed by atoms with E-state index >= 15 is 0 Å². The van der Waals surface area contributed by atoms with Gasteiger partial charge in [-0.3, -0.25) is 9.78 Å². The van der Waals surface area contributed by atoms with Gasteiger partial charge in [-0.15, -0.1) is 0 Å². The molecular formula is C18H18N2O3S. The molecular weight excluding hydrogens is 324 g/mol. The normalized spacial score (nSPS) is 10.6. The number of benzene rings is 1. The fraction of sp³-hybridized carbons (Fsp3) is 0.167. The van der Waals surface area contributed by atoms with Gasteiger partial charge in [-0.05, 0) is 35.9 Å². The van der Waals surface area contributed by atoms with Crippen LogP contribution in [0.1, 0.15) is 15.9 Å². The Morgan fingerprint density at radius 3 is 2.83 bits per heavy atom. The lowest BCUT2D eigenvalue weighted by atomic mass is 10.1. The van der Waals surface area contributed by atoms with Crippen molar-refractivity contribution in [3.8, 4) is 11.5 Å². The predicted molar refractivity (Wildman–Crippen MR) is 97.5 cm³/mol. The van der Waals surface area contributed by atoms with Gasteiger partial charge in [0.05, 0.1) is 13.7 Å². The summed E-state index contributed by atoms with van der Waals surface area (Å²) < 4.78 is 4.97. The molecule has 0 aliphatic carbocycles.